The molecule has 4 atom stereocenters. The van der Waals surface area contributed by atoms with Crippen LogP contribution < -0.4 is 0 Å². The van der Waals surface area contributed by atoms with Crippen LogP contribution in [0.5, 0.6) is 0 Å². The van der Waals surface area contributed by atoms with E-state index >= 15 is 0 Å². The Kier molecular flexibility index (Phi) is 6.48. The lowest BCUT2D eigenvalue weighted by Crippen LogP contribution is -2.63. The SMILES string of the molecule is C[C@@H](O)[C@H]1C(=O)N2C(C(=O)OCOC(=O)OC3C4CC5CC(C4)CC3C5)=C(c3cn4cnc(S(C)(=O)=O)c4s3)[C@H](C)[C@H]12. The molecule has 1 N–H and O–H groups in total. The van der Waals surface area contributed by atoms with Gasteiger partial charge in [-0.15, -0.1) is 11.3 Å². The first-order valence-electron chi connectivity index (χ1n) is 14.3. The Morgan fingerprint density at radius 1 is 1.14 bits per heavy atom. The molecular formula is C28H33N3O9S2. The van der Waals surface area contributed by atoms with Crippen LogP contribution in [0, 0.1) is 35.5 Å². The second-order valence-corrected chi connectivity index (χ2v) is 15.6. The van der Waals surface area contributed by atoms with Crippen molar-refractivity contribution in [2.75, 3.05) is 13.0 Å². The Bertz CT molecular complexity index is 1600. The van der Waals surface area contributed by atoms with Crippen LogP contribution in [0.15, 0.2) is 23.2 Å². The molecule has 4 heterocycles. The minimum Gasteiger partial charge on any atom is -0.430 e. The van der Waals surface area contributed by atoms with Crippen LogP contribution in [0.25, 0.3) is 10.4 Å². The first-order chi connectivity index (χ1) is 19.9. The predicted octanol–water partition coefficient (Wildman–Crippen LogP) is 2.85. The number of imidazole rings is 1. The largest absolute Gasteiger partial charge is 0.511 e. The van der Waals surface area contributed by atoms with Crippen LogP contribution in [0.4, 0.5) is 4.79 Å². The molecule has 0 radical (unpaired) electrons. The van der Waals surface area contributed by atoms with Crippen molar-refractivity contribution in [2.45, 2.75) is 69.2 Å². The maximum Gasteiger partial charge on any atom is 0.511 e. The van der Waals surface area contributed by atoms with Crippen molar-refractivity contribution in [3.8, 4) is 0 Å². The van der Waals surface area contributed by atoms with Gasteiger partial charge in [-0.05, 0) is 62.7 Å². The lowest BCUT2D eigenvalue weighted by molar-refractivity contribution is -0.167. The molecule has 0 spiro atoms. The average Bonchev–Trinajstić information content (AvgIpc) is 3.55. The lowest BCUT2D eigenvalue weighted by Gasteiger charge is -2.53. The summed E-state index contributed by atoms with van der Waals surface area (Å²) in [6.45, 7) is 2.70. The minimum atomic E-state index is -3.60. The maximum absolute atomic E-state index is 13.5. The van der Waals surface area contributed by atoms with E-state index in [9.17, 15) is 27.9 Å². The highest BCUT2D eigenvalue weighted by Crippen LogP contribution is 2.55. The zero-order valence-corrected chi connectivity index (χ0v) is 25.1. The summed E-state index contributed by atoms with van der Waals surface area (Å²) >= 11 is 1.13. The summed E-state index contributed by atoms with van der Waals surface area (Å²) in [6.07, 6.45) is 7.72. The zero-order chi connectivity index (χ0) is 29.7. The minimum absolute atomic E-state index is 0.00854. The summed E-state index contributed by atoms with van der Waals surface area (Å²) in [5.74, 6) is -0.169. The van der Waals surface area contributed by atoms with E-state index < -0.39 is 52.7 Å². The van der Waals surface area contributed by atoms with E-state index in [4.69, 9.17) is 14.2 Å². The van der Waals surface area contributed by atoms with Gasteiger partial charge in [-0.3, -0.25) is 9.20 Å². The Labute approximate surface area is 246 Å². The van der Waals surface area contributed by atoms with E-state index in [1.165, 1.54) is 24.6 Å². The van der Waals surface area contributed by atoms with Crippen LogP contribution in [0.3, 0.4) is 0 Å². The van der Waals surface area contributed by atoms with Gasteiger partial charge in [-0.25, -0.2) is 23.0 Å². The summed E-state index contributed by atoms with van der Waals surface area (Å²) in [5.41, 5.74) is 0.483. The van der Waals surface area contributed by atoms with E-state index in [1.807, 2.05) is 6.92 Å². The van der Waals surface area contributed by atoms with Gasteiger partial charge in [0, 0.05) is 23.9 Å². The van der Waals surface area contributed by atoms with Gasteiger partial charge in [0.1, 0.15) is 23.0 Å². The highest BCUT2D eigenvalue weighted by atomic mass is 32.2. The molecule has 12 nitrogen and oxygen atoms in total. The van der Waals surface area contributed by atoms with Crippen molar-refractivity contribution in [1.82, 2.24) is 14.3 Å². The third-order valence-corrected chi connectivity index (χ3v) is 12.2. The molecule has 4 bridgehead atoms. The molecule has 4 saturated carbocycles. The first-order valence-corrected chi connectivity index (χ1v) is 17.1. The summed E-state index contributed by atoms with van der Waals surface area (Å²) < 4.78 is 42.2. The third-order valence-electron chi connectivity index (χ3n) is 9.90. The van der Waals surface area contributed by atoms with E-state index in [-0.39, 0.29) is 22.7 Å². The molecule has 2 aromatic rings. The highest BCUT2D eigenvalue weighted by Gasteiger charge is 2.60. The summed E-state index contributed by atoms with van der Waals surface area (Å²) in [5, 5.41) is 10.2. The number of rotatable bonds is 7. The van der Waals surface area contributed by atoms with Crippen LogP contribution in [0.1, 0.15) is 50.8 Å². The van der Waals surface area contributed by atoms with Crippen molar-refractivity contribution < 1.29 is 42.1 Å². The van der Waals surface area contributed by atoms with Crippen LogP contribution in [-0.4, -0.2) is 77.1 Å². The molecule has 2 aromatic heterocycles. The third kappa shape index (κ3) is 4.28. The van der Waals surface area contributed by atoms with Crippen LogP contribution in [-0.2, 0) is 33.6 Å². The summed E-state index contributed by atoms with van der Waals surface area (Å²) in [4.78, 5) is 45.4. The number of amides is 1. The maximum atomic E-state index is 13.5. The predicted molar refractivity (Wildman–Crippen MR) is 147 cm³/mol. The van der Waals surface area contributed by atoms with Crippen molar-refractivity contribution in [1.29, 1.82) is 0 Å². The Morgan fingerprint density at radius 3 is 2.43 bits per heavy atom. The quantitative estimate of drug-likeness (QED) is 0.278. The second-order valence-electron chi connectivity index (χ2n) is 12.6. The molecule has 42 heavy (non-hydrogen) atoms. The second kappa shape index (κ2) is 9.78. The molecule has 1 amide bonds. The molecule has 0 aromatic carbocycles. The zero-order valence-electron chi connectivity index (χ0n) is 23.5. The Hall–Kier alpha value is -2.97. The molecule has 8 rings (SSSR count). The van der Waals surface area contributed by atoms with E-state index in [0.717, 1.165) is 55.1 Å². The molecule has 226 valence electrons. The fraction of sp³-hybridized carbons (Fsp3) is 0.643. The highest BCUT2D eigenvalue weighted by molar-refractivity contribution is 7.91. The van der Waals surface area contributed by atoms with Gasteiger partial charge >= 0.3 is 12.1 Å². The topological polar surface area (TPSA) is 154 Å². The number of hydrogen-bond donors (Lipinski definition) is 1. The van der Waals surface area contributed by atoms with Gasteiger partial charge in [-0.1, -0.05) is 6.92 Å². The first kappa shape index (κ1) is 27.8. The molecule has 5 fully saturated rings. The molecule has 6 aliphatic rings. The number of ether oxygens (including phenoxy) is 3. The number of sulfone groups is 1. The van der Waals surface area contributed by atoms with E-state index in [1.54, 1.807) is 10.6 Å². The number of carbonyl (C=O) groups is 3. The normalized spacial score (nSPS) is 34.0. The van der Waals surface area contributed by atoms with Crippen molar-refractivity contribution in [2.24, 2.45) is 35.5 Å². The Balaban J connectivity index is 1.10. The van der Waals surface area contributed by atoms with Crippen molar-refractivity contribution in [3.05, 3.63) is 23.1 Å². The molecule has 4 aliphatic carbocycles. The average molecular weight is 620 g/mol. The number of β-lactam (4-membered cyclic amide) rings is 1. The van der Waals surface area contributed by atoms with Gasteiger partial charge in [0.05, 0.1) is 22.9 Å². The van der Waals surface area contributed by atoms with Gasteiger partial charge in [0.15, 0.2) is 14.9 Å². The van der Waals surface area contributed by atoms with Gasteiger partial charge in [0.25, 0.3) is 0 Å². The fourth-order valence-corrected chi connectivity index (χ4v) is 10.8. The number of aromatic nitrogens is 2. The number of fused-ring (bicyclic) bond motifs is 2. The molecular weight excluding hydrogens is 586 g/mol. The monoisotopic (exact) mass is 619 g/mol. The number of aliphatic hydroxyl groups excluding tert-OH is 1. The fourth-order valence-electron chi connectivity index (χ4n) is 8.45. The van der Waals surface area contributed by atoms with Gasteiger partial charge in [-0.2, -0.15) is 0 Å². The summed E-state index contributed by atoms with van der Waals surface area (Å²) in [7, 11) is -3.60. The number of esters is 1. The van der Waals surface area contributed by atoms with E-state index in [0.29, 0.717) is 27.1 Å². The van der Waals surface area contributed by atoms with Crippen molar-refractivity contribution in [3.63, 3.8) is 0 Å². The smallest absolute Gasteiger partial charge is 0.430 e. The number of aliphatic hydroxyl groups is 1. The number of thiazole rings is 1. The van der Waals surface area contributed by atoms with Crippen LogP contribution in [0.2, 0.25) is 0 Å². The number of carbonyl (C=O) groups excluding carboxylic acids is 3. The van der Waals surface area contributed by atoms with E-state index in [2.05, 4.69) is 4.98 Å². The van der Waals surface area contributed by atoms with Gasteiger partial charge in [0.2, 0.25) is 12.7 Å². The number of nitrogens with zero attached hydrogens (tertiary/aromatic N) is 3. The summed E-state index contributed by atoms with van der Waals surface area (Å²) in [6, 6.07) is -0.480. The molecule has 14 heteroatoms. The molecule has 0 unspecified atom stereocenters. The van der Waals surface area contributed by atoms with Crippen LogP contribution >= 0.6 is 11.3 Å². The van der Waals surface area contributed by atoms with Gasteiger partial charge < -0.3 is 24.2 Å². The molecule has 2 aliphatic heterocycles. The number of hydrogen-bond acceptors (Lipinski definition) is 11. The lowest BCUT2D eigenvalue weighted by atomic mass is 9.55. The van der Waals surface area contributed by atoms with Crippen molar-refractivity contribution >= 4 is 49.6 Å². The Morgan fingerprint density at radius 2 is 1.81 bits per heavy atom. The standard InChI is InChI=1S/C28H33N3O9S2/c1-12-19(18-9-30-10-29-24(26(30)41-18)42(3,36)37)22(31-21(12)20(13(2)32)25(31)33)27(34)38-11-39-28(35)40-23-16-5-14-4-15(7-16)8-17(23)6-14/h9-10,12-17,20-21,23,32H,4-8,11H2,1-3H3/t12-,13+,14?,15?,16?,17?,20+,21+,23?/m0/s1. The molecule has 1 saturated heterocycles.